The van der Waals surface area contributed by atoms with Gasteiger partial charge in [0, 0.05) is 25.0 Å². The second-order valence-corrected chi connectivity index (χ2v) is 7.21. The Labute approximate surface area is 127 Å². The Hall–Kier alpha value is -1.10. The Morgan fingerprint density at radius 1 is 1.19 bits per heavy atom. The molecule has 120 valence electrons. The molecule has 5 heteroatoms. The van der Waals surface area contributed by atoms with Gasteiger partial charge in [-0.1, -0.05) is 0 Å². The van der Waals surface area contributed by atoms with Crippen LogP contribution in [0.5, 0.6) is 0 Å². The molecule has 2 unspecified atom stereocenters. The van der Waals surface area contributed by atoms with E-state index in [1.54, 1.807) is 0 Å². The average Bonchev–Trinajstić information content (AvgIpc) is 2.81. The third kappa shape index (κ3) is 5.30. The van der Waals surface area contributed by atoms with Crippen molar-refractivity contribution in [3.8, 4) is 0 Å². The minimum absolute atomic E-state index is 0.0303. The quantitative estimate of drug-likeness (QED) is 0.804. The number of rotatable bonds is 4. The maximum absolute atomic E-state index is 11.9. The minimum atomic E-state index is -0.483. The first kappa shape index (κ1) is 16.3. The maximum atomic E-state index is 11.9. The van der Waals surface area contributed by atoms with Crippen molar-refractivity contribution in [2.75, 3.05) is 13.1 Å². The lowest BCUT2D eigenvalue weighted by atomic mass is 9.97. The molecule has 2 heterocycles. The van der Waals surface area contributed by atoms with E-state index in [0.29, 0.717) is 6.04 Å². The standard InChI is InChI=1S/C16H28N2O3/c1-16(2,3)21-15(20)7-6-14(19)17-12-8-10-18-9-4-5-13(18)11-12/h12-13H,4-11H2,1-3H3,(H,17,19). The van der Waals surface area contributed by atoms with Gasteiger partial charge in [-0.2, -0.15) is 0 Å². The van der Waals surface area contributed by atoms with Gasteiger partial charge in [-0.05, 0) is 53.0 Å². The number of fused-ring (bicyclic) bond motifs is 1. The van der Waals surface area contributed by atoms with Crippen molar-refractivity contribution in [2.45, 2.75) is 77.0 Å². The molecule has 2 fully saturated rings. The molecule has 1 N–H and O–H groups in total. The first-order valence-corrected chi connectivity index (χ1v) is 8.09. The van der Waals surface area contributed by atoms with Crippen LogP contribution in [0.25, 0.3) is 0 Å². The number of hydrogen-bond acceptors (Lipinski definition) is 4. The topological polar surface area (TPSA) is 58.6 Å². The molecule has 2 aliphatic rings. The zero-order valence-electron chi connectivity index (χ0n) is 13.5. The minimum Gasteiger partial charge on any atom is -0.460 e. The van der Waals surface area contributed by atoms with Gasteiger partial charge in [-0.25, -0.2) is 0 Å². The summed E-state index contributed by atoms with van der Waals surface area (Å²) < 4.78 is 5.21. The van der Waals surface area contributed by atoms with E-state index in [4.69, 9.17) is 4.74 Å². The summed E-state index contributed by atoms with van der Waals surface area (Å²) in [5, 5.41) is 3.08. The van der Waals surface area contributed by atoms with Gasteiger partial charge in [0.25, 0.3) is 0 Å². The van der Waals surface area contributed by atoms with Gasteiger partial charge in [0.15, 0.2) is 0 Å². The Bertz CT molecular complexity index is 389. The molecule has 2 aliphatic heterocycles. The predicted molar refractivity (Wildman–Crippen MR) is 80.8 cm³/mol. The van der Waals surface area contributed by atoms with Gasteiger partial charge in [0.1, 0.15) is 5.60 Å². The summed E-state index contributed by atoms with van der Waals surface area (Å²) in [5.41, 5.74) is -0.483. The van der Waals surface area contributed by atoms with Crippen molar-refractivity contribution in [3.63, 3.8) is 0 Å². The van der Waals surface area contributed by atoms with Crippen LogP contribution in [0, 0.1) is 0 Å². The van der Waals surface area contributed by atoms with E-state index >= 15 is 0 Å². The summed E-state index contributed by atoms with van der Waals surface area (Å²) in [5.74, 6) is -0.333. The van der Waals surface area contributed by atoms with E-state index < -0.39 is 5.60 Å². The lowest BCUT2D eigenvalue weighted by Crippen LogP contribution is -2.47. The van der Waals surface area contributed by atoms with E-state index in [9.17, 15) is 9.59 Å². The molecule has 0 saturated carbocycles. The third-order valence-corrected chi connectivity index (χ3v) is 4.16. The molecule has 1 amide bonds. The largest absolute Gasteiger partial charge is 0.460 e. The number of amides is 1. The SMILES string of the molecule is CC(C)(C)OC(=O)CCC(=O)NC1CCN2CCCC2C1. The highest BCUT2D eigenvalue weighted by molar-refractivity contribution is 5.81. The van der Waals surface area contributed by atoms with Gasteiger partial charge < -0.3 is 15.0 Å². The van der Waals surface area contributed by atoms with Crippen molar-refractivity contribution in [1.29, 1.82) is 0 Å². The lowest BCUT2D eigenvalue weighted by Gasteiger charge is -2.35. The summed E-state index contributed by atoms with van der Waals surface area (Å²) in [6.45, 7) is 7.80. The van der Waals surface area contributed by atoms with Gasteiger partial charge in [0.05, 0.1) is 6.42 Å². The number of esters is 1. The predicted octanol–water partition coefficient (Wildman–Crippen LogP) is 1.85. The van der Waals surface area contributed by atoms with E-state index in [2.05, 4.69) is 10.2 Å². The second-order valence-electron chi connectivity index (χ2n) is 7.21. The molecule has 0 spiro atoms. The van der Waals surface area contributed by atoms with Gasteiger partial charge in [-0.15, -0.1) is 0 Å². The van der Waals surface area contributed by atoms with E-state index in [1.165, 1.54) is 19.4 Å². The number of carbonyl (C=O) groups excluding carboxylic acids is 2. The molecule has 2 saturated heterocycles. The Morgan fingerprint density at radius 2 is 1.95 bits per heavy atom. The molecule has 5 nitrogen and oxygen atoms in total. The van der Waals surface area contributed by atoms with Gasteiger partial charge >= 0.3 is 5.97 Å². The van der Waals surface area contributed by atoms with E-state index in [-0.39, 0.29) is 30.8 Å². The third-order valence-electron chi connectivity index (χ3n) is 4.16. The van der Waals surface area contributed by atoms with Crippen molar-refractivity contribution >= 4 is 11.9 Å². The molecule has 0 aliphatic carbocycles. The van der Waals surface area contributed by atoms with Crippen molar-refractivity contribution in [1.82, 2.24) is 10.2 Å². The van der Waals surface area contributed by atoms with Crippen LogP contribution >= 0.6 is 0 Å². The first-order chi connectivity index (χ1) is 9.83. The summed E-state index contributed by atoms with van der Waals surface area (Å²) in [6.07, 6.45) is 4.99. The molecule has 2 atom stereocenters. The first-order valence-electron chi connectivity index (χ1n) is 8.09. The average molecular weight is 296 g/mol. The van der Waals surface area contributed by atoms with E-state index in [1.807, 2.05) is 20.8 Å². The van der Waals surface area contributed by atoms with Gasteiger partial charge in [-0.3, -0.25) is 9.59 Å². The van der Waals surface area contributed by atoms with Crippen LogP contribution < -0.4 is 5.32 Å². The van der Waals surface area contributed by atoms with E-state index in [0.717, 1.165) is 19.4 Å². The summed E-state index contributed by atoms with van der Waals surface area (Å²) in [6, 6.07) is 0.922. The number of nitrogens with zero attached hydrogens (tertiary/aromatic N) is 1. The smallest absolute Gasteiger partial charge is 0.306 e. The van der Waals surface area contributed by atoms with Crippen LogP contribution in [0.2, 0.25) is 0 Å². The molecule has 0 bridgehead atoms. The molecule has 0 radical (unpaired) electrons. The molecular formula is C16H28N2O3. The van der Waals surface area contributed by atoms with Crippen LogP contribution in [0.15, 0.2) is 0 Å². The number of ether oxygens (including phenoxy) is 1. The van der Waals surface area contributed by atoms with Gasteiger partial charge in [0.2, 0.25) is 5.91 Å². The second kappa shape index (κ2) is 6.77. The maximum Gasteiger partial charge on any atom is 0.306 e. The number of piperidine rings is 1. The number of nitrogens with one attached hydrogen (secondary N) is 1. The number of hydrogen-bond donors (Lipinski definition) is 1. The monoisotopic (exact) mass is 296 g/mol. The fraction of sp³-hybridized carbons (Fsp3) is 0.875. The van der Waals surface area contributed by atoms with Crippen molar-refractivity contribution in [3.05, 3.63) is 0 Å². The fourth-order valence-corrected chi connectivity index (χ4v) is 3.26. The Balaban J connectivity index is 1.66. The van der Waals surface area contributed by atoms with Crippen LogP contribution in [0.3, 0.4) is 0 Å². The molecule has 0 aromatic carbocycles. The highest BCUT2D eigenvalue weighted by Crippen LogP contribution is 2.26. The zero-order chi connectivity index (χ0) is 15.5. The molecule has 2 rings (SSSR count). The summed E-state index contributed by atoms with van der Waals surface area (Å²) in [4.78, 5) is 26.1. The van der Waals surface area contributed by atoms with Crippen molar-refractivity contribution in [2.24, 2.45) is 0 Å². The zero-order valence-corrected chi connectivity index (χ0v) is 13.5. The van der Waals surface area contributed by atoms with Crippen molar-refractivity contribution < 1.29 is 14.3 Å². The molecular weight excluding hydrogens is 268 g/mol. The lowest BCUT2D eigenvalue weighted by molar-refractivity contribution is -0.155. The molecule has 0 aromatic heterocycles. The number of carbonyl (C=O) groups is 2. The summed E-state index contributed by atoms with van der Waals surface area (Å²) in [7, 11) is 0. The fourth-order valence-electron chi connectivity index (χ4n) is 3.26. The molecule has 21 heavy (non-hydrogen) atoms. The van der Waals surface area contributed by atoms with Crippen LogP contribution in [0.4, 0.5) is 0 Å². The normalized spacial score (nSPS) is 26.2. The molecule has 0 aromatic rings. The highest BCUT2D eigenvalue weighted by Gasteiger charge is 2.32. The van der Waals surface area contributed by atoms with Crippen LogP contribution in [-0.2, 0) is 14.3 Å². The highest BCUT2D eigenvalue weighted by atomic mass is 16.6. The Kier molecular flexibility index (Phi) is 5.25. The summed E-state index contributed by atoms with van der Waals surface area (Å²) >= 11 is 0. The van der Waals surface area contributed by atoms with Crippen LogP contribution in [-0.4, -0.2) is 47.6 Å². The van der Waals surface area contributed by atoms with Crippen LogP contribution in [0.1, 0.15) is 59.3 Å². The Morgan fingerprint density at radius 3 is 2.67 bits per heavy atom.